The minimum absolute atomic E-state index is 0.875. The maximum absolute atomic E-state index is 6.14. The highest BCUT2D eigenvalue weighted by atomic mass is 16.5. The van der Waals surface area contributed by atoms with Gasteiger partial charge in [-0.1, -0.05) is 194 Å². The van der Waals surface area contributed by atoms with E-state index in [1.165, 1.54) is 55.6 Å². The summed E-state index contributed by atoms with van der Waals surface area (Å²) in [5.74, 6) is 1.75. The zero-order valence-electron chi connectivity index (χ0n) is 30.0. The number of hydrogen-bond donors (Lipinski definition) is 0. The Kier molecular flexibility index (Phi) is 12.0. The van der Waals surface area contributed by atoms with Crippen LogP contribution in [0.1, 0.15) is 44.5 Å². The lowest BCUT2D eigenvalue weighted by Crippen LogP contribution is -1.91. The molecule has 1 heteroatoms. The average molecular weight is 685 g/mol. The van der Waals surface area contributed by atoms with Crippen LogP contribution in [-0.2, 0) is 25.7 Å². The van der Waals surface area contributed by atoms with E-state index in [1.807, 2.05) is 24.3 Å². The average Bonchev–Trinajstić information content (AvgIpc) is 3.21. The van der Waals surface area contributed by atoms with Crippen molar-refractivity contribution < 1.29 is 4.74 Å². The van der Waals surface area contributed by atoms with Crippen molar-refractivity contribution >= 4 is 0 Å². The van der Waals surface area contributed by atoms with Crippen LogP contribution in [0.25, 0.3) is 11.1 Å². The SMILES string of the molecule is c1ccc(Cc2ccc(Cc3ccc(-c4ccccc4)cc3)cc2)cc1.c1ccc(Cc2cccc(Oc3cccc(Cc4ccccc4)c3)c2)cc1. The van der Waals surface area contributed by atoms with E-state index in [0.717, 1.165) is 37.2 Å². The van der Waals surface area contributed by atoms with Gasteiger partial charge in [0, 0.05) is 0 Å². The Labute approximate surface area is 314 Å². The molecule has 8 aromatic carbocycles. The predicted molar refractivity (Wildman–Crippen MR) is 222 cm³/mol. The maximum atomic E-state index is 6.14. The van der Waals surface area contributed by atoms with Gasteiger partial charge in [-0.2, -0.15) is 0 Å². The van der Waals surface area contributed by atoms with Crippen LogP contribution in [0.4, 0.5) is 0 Å². The Balaban J connectivity index is 0.000000164. The molecular weight excluding hydrogens is 641 g/mol. The first-order valence-corrected chi connectivity index (χ1v) is 18.4. The lowest BCUT2D eigenvalue weighted by Gasteiger charge is -2.10. The first-order valence-electron chi connectivity index (χ1n) is 18.4. The molecule has 258 valence electrons. The van der Waals surface area contributed by atoms with E-state index in [-0.39, 0.29) is 0 Å². The third-order valence-corrected chi connectivity index (χ3v) is 9.28. The highest BCUT2D eigenvalue weighted by Gasteiger charge is 2.04. The van der Waals surface area contributed by atoms with Crippen LogP contribution < -0.4 is 4.74 Å². The topological polar surface area (TPSA) is 9.23 Å². The highest BCUT2D eigenvalue weighted by molar-refractivity contribution is 5.63. The third kappa shape index (κ3) is 10.8. The summed E-state index contributed by atoms with van der Waals surface area (Å²) < 4.78 is 6.14. The summed E-state index contributed by atoms with van der Waals surface area (Å²) in [6.45, 7) is 0. The first kappa shape index (κ1) is 35.0. The summed E-state index contributed by atoms with van der Waals surface area (Å²) >= 11 is 0. The normalized spacial score (nSPS) is 10.6. The molecule has 0 N–H and O–H groups in total. The van der Waals surface area contributed by atoms with Crippen molar-refractivity contribution in [2.24, 2.45) is 0 Å². The number of hydrogen-bond acceptors (Lipinski definition) is 1. The molecule has 0 radical (unpaired) electrons. The molecule has 0 aliphatic carbocycles. The van der Waals surface area contributed by atoms with Crippen LogP contribution in [0.3, 0.4) is 0 Å². The van der Waals surface area contributed by atoms with E-state index in [9.17, 15) is 0 Å². The van der Waals surface area contributed by atoms with Crippen LogP contribution in [0, 0.1) is 0 Å². The van der Waals surface area contributed by atoms with Gasteiger partial charge in [0.2, 0.25) is 0 Å². The zero-order chi connectivity index (χ0) is 35.9. The summed E-state index contributed by atoms with van der Waals surface area (Å²) in [6.07, 6.45) is 3.78. The molecule has 0 spiro atoms. The van der Waals surface area contributed by atoms with Crippen molar-refractivity contribution in [3.05, 3.63) is 263 Å². The summed E-state index contributed by atoms with van der Waals surface area (Å²) in [5, 5.41) is 0. The van der Waals surface area contributed by atoms with Crippen LogP contribution in [0.2, 0.25) is 0 Å². The fourth-order valence-electron chi connectivity index (χ4n) is 6.52. The molecule has 0 aliphatic rings. The highest BCUT2D eigenvalue weighted by Crippen LogP contribution is 2.25. The molecule has 0 saturated heterocycles. The Morgan fingerprint density at radius 2 is 0.509 bits per heavy atom. The van der Waals surface area contributed by atoms with E-state index in [0.29, 0.717) is 0 Å². The predicted octanol–water partition coefficient (Wildman–Crippen LogP) is 13.2. The third-order valence-electron chi connectivity index (χ3n) is 9.28. The Morgan fingerprint density at radius 1 is 0.226 bits per heavy atom. The molecule has 0 aromatic heterocycles. The molecule has 8 rings (SSSR count). The smallest absolute Gasteiger partial charge is 0.127 e. The van der Waals surface area contributed by atoms with E-state index < -0.39 is 0 Å². The largest absolute Gasteiger partial charge is 0.457 e. The molecule has 0 atom stereocenters. The van der Waals surface area contributed by atoms with Gasteiger partial charge < -0.3 is 4.74 Å². The minimum Gasteiger partial charge on any atom is -0.457 e. The summed E-state index contributed by atoms with van der Waals surface area (Å²) in [6, 6.07) is 76.8. The summed E-state index contributed by atoms with van der Waals surface area (Å²) in [7, 11) is 0. The quantitative estimate of drug-likeness (QED) is 0.132. The van der Waals surface area contributed by atoms with Gasteiger partial charge >= 0.3 is 0 Å². The van der Waals surface area contributed by atoms with Gasteiger partial charge in [-0.05, 0) is 106 Å². The number of benzene rings is 8. The summed E-state index contributed by atoms with van der Waals surface area (Å²) in [4.78, 5) is 0. The van der Waals surface area contributed by atoms with Crippen molar-refractivity contribution in [2.75, 3.05) is 0 Å². The fourth-order valence-corrected chi connectivity index (χ4v) is 6.52. The molecule has 0 fully saturated rings. The molecule has 53 heavy (non-hydrogen) atoms. The molecule has 0 unspecified atom stereocenters. The first-order chi connectivity index (χ1) is 26.2. The van der Waals surface area contributed by atoms with E-state index >= 15 is 0 Å². The standard InChI is InChI=1S/C26H22O.C26H22/c1-3-9-21(10-4-1)17-23-13-7-15-25(19-23)27-26-16-8-14-24(20-26)18-22-11-5-2-6-12-22;1-3-7-21(8-4-1)19-22-11-13-23(14-12-22)20-24-15-17-26(18-16-24)25-9-5-2-6-10-25/h1-16,19-20H,17-18H2;1-18H,19-20H2. The second kappa shape index (κ2) is 18.2. The molecular formula is C52H44O. The number of ether oxygens (including phenoxy) is 1. The van der Waals surface area contributed by atoms with Gasteiger partial charge in [0.25, 0.3) is 0 Å². The Bertz CT molecular complexity index is 2180. The Morgan fingerprint density at radius 3 is 0.906 bits per heavy atom. The minimum atomic E-state index is 0.875. The van der Waals surface area contributed by atoms with Gasteiger partial charge in [-0.15, -0.1) is 0 Å². The van der Waals surface area contributed by atoms with Crippen molar-refractivity contribution in [2.45, 2.75) is 25.7 Å². The second-order valence-corrected chi connectivity index (χ2v) is 13.4. The Hall–Kier alpha value is -6.44. The van der Waals surface area contributed by atoms with E-state index in [4.69, 9.17) is 4.74 Å². The monoisotopic (exact) mass is 684 g/mol. The van der Waals surface area contributed by atoms with Crippen molar-refractivity contribution in [1.29, 1.82) is 0 Å². The van der Waals surface area contributed by atoms with Crippen LogP contribution in [0.5, 0.6) is 11.5 Å². The van der Waals surface area contributed by atoms with E-state index in [1.54, 1.807) is 0 Å². The molecule has 0 amide bonds. The van der Waals surface area contributed by atoms with Crippen molar-refractivity contribution in [1.82, 2.24) is 0 Å². The second-order valence-electron chi connectivity index (χ2n) is 13.4. The van der Waals surface area contributed by atoms with Crippen molar-refractivity contribution in [3.8, 4) is 22.6 Å². The molecule has 0 aliphatic heterocycles. The zero-order valence-corrected chi connectivity index (χ0v) is 30.0. The van der Waals surface area contributed by atoms with Crippen LogP contribution in [-0.4, -0.2) is 0 Å². The fraction of sp³-hybridized carbons (Fsp3) is 0.0769. The van der Waals surface area contributed by atoms with Crippen LogP contribution in [0.15, 0.2) is 218 Å². The van der Waals surface area contributed by atoms with Gasteiger partial charge in [0.1, 0.15) is 11.5 Å². The molecule has 8 aromatic rings. The molecule has 0 heterocycles. The molecule has 1 nitrogen and oxygen atoms in total. The lowest BCUT2D eigenvalue weighted by molar-refractivity contribution is 0.481. The summed E-state index contributed by atoms with van der Waals surface area (Å²) in [5.41, 5.74) is 13.1. The van der Waals surface area contributed by atoms with Crippen LogP contribution >= 0.6 is 0 Å². The maximum Gasteiger partial charge on any atom is 0.127 e. The van der Waals surface area contributed by atoms with Gasteiger partial charge in [-0.3, -0.25) is 0 Å². The van der Waals surface area contributed by atoms with E-state index in [2.05, 4.69) is 194 Å². The number of rotatable bonds is 11. The molecule has 0 bridgehead atoms. The van der Waals surface area contributed by atoms with Gasteiger partial charge in [-0.25, -0.2) is 0 Å². The van der Waals surface area contributed by atoms with Gasteiger partial charge in [0.15, 0.2) is 0 Å². The van der Waals surface area contributed by atoms with Crippen molar-refractivity contribution in [3.63, 3.8) is 0 Å². The van der Waals surface area contributed by atoms with Gasteiger partial charge in [0.05, 0.1) is 0 Å². The molecule has 0 saturated carbocycles. The lowest BCUT2D eigenvalue weighted by atomic mass is 9.98.